The second-order valence-corrected chi connectivity index (χ2v) is 8.52. The normalized spacial score (nSPS) is 20.9. The number of amides is 1. The van der Waals surface area contributed by atoms with Gasteiger partial charge in [-0.3, -0.25) is 4.79 Å². The van der Waals surface area contributed by atoms with Crippen LogP contribution in [0.4, 0.5) is 0 Å². The lowest BCUT2D eigenvalue weighted by Gasteiger charge is -2.41. The molecule has 1 atom stereocenters. The molecule has 3 heteroatoms. The Labute approximate surface area is 166 Å². The second kappa shape index (κ2) is 6.73. The molecule has 0 radical (unpaired) electrons. The van der Waals surface area contributed by atoms with E-state index < -0.39 is 0 Å². The Hall–Kier alpha value is -2.68. The molecule has 5 rings (SSSR count). The van der Waals surface area contributed by atoms with Crippen molar-refractivity contribution in [1.82, 2.24) is 9.88 Å². The zero-order chi connectivity index (χ0) is 19.1. The number of rotatable bonds is 1. The van der Waals surface area contributed by atoms with E-state index in [0.29, 0.717) is 18.2 Å². The first-order chi connectivity index (χ1) is 13.7. The summed E-state index contributed by atoms with van der Waals surface area (Å²) in [5, 5.41) is 1.07. The molecular weight excluding hydrogens is 344 g/mol. The van der Waals surface area contributed by atoms with Gasteiger partial charge >= 0.3 is 0 Å². The van der Waals surface area contributed by atoms with Gasteiger partial charge in [0, 0.05) is 17.5 Å². The molecule has 2 heterocycles. The van der Waals surface area contributed by atoms with Crippen LogP contribution in [0.25, 0.3) is 10.9 Å². The van der Waals surface area contributed by atoms with Crippen molar-refractivity contribution in [2.24, 2.45) is 0 Å². The first kappa shape index (κ1) is 17.4. The number of pyridine rings is 1. The van der Waals surface area contributed by atoms with E-state index in [2.05, 4.69) is 36.1 Å². The lowest BCUT2D eigenvalue weighted by atomic mass is 9.83. The van der Waals surface area contributed by atoms with Crippen LogP contribution in [-0.4, -0.2) is 21.3 Å². The van der Waals surface area contributed by atoms with E-state index in [1.807, 2.05) is 36.4 Å². The third-order valence-corrected chi connectivity index (χ3v) is 6.77. The SMILES string of the molecule is CC1CC2(CCCC2)N(C(=O)c2ccc3ccccc3n2)Cc2ccccc21. The fraction of sp³-hybridized carbons (Fsp3) is 0.360. The number of carbonyl (C=O) groups excluding carboxylic acids is 1. The van der Waals surface area contributed by atoms with Crippen molar-refractivity contribution in [2.45, 2.75) is 57.0 Å². The van der Waals surface area contributed by atoms with Gasteiger partial charge in [0.2, 0.25) is 0 Å². The molecular formula is C25H26N2O. The highest BCUT2D eigenvalue weighted by molar-refractivity contribution is 5.95. The van der Waals surface area contributed by atoms with Crippen molar-refractivity contribution in [2.75, 3.05) is 0 Å². The summed E-state index contributed by atoms with van der Waals surface area (Å²) in [6.45, 7) is 3.01. The summed E-state index contributed by atoms with van der Waals surface area (Å²) in [7, 11) is 0. The molecule has 1 aliphatic heterocycles. The summed E-state index contributed by atoms with van der Waals surface area (Å²) in [6.07, 6.45) is 5.66. The van der Waals surface area contributed by atoms with Gasteiger partial charge in [-0.1, -0.05) is 68.3 Å². The Morgan fingerprint density at radius 1 is 1.00 bits per heavy atom. The van der Waals surface area contributed by atoms with Gasteiger partial charge in [-0.25, -0.2) is 4.98 Å². The molecule has 0 bridgehead atoms. The summed E-state index contributed by atoms with van der Waals surface area (Å²) in [4.78, 5) is 20.6. The fourth-order valence-electron chi connectivity index (χ4n) is 5.40. The van der Waals surface area contributed by atoms with Crippen molar-refractivity contribution in [3.05, 3.63) is 77.5 Å². The maximum Gasteiger partial charge on any atom is 0.273 e. The van der Waals surface area contributed by atoms with Crippen LogP contribution < -0.4 is 0 Å². The summed E-state index contributed by atoms with van der Waals surface area (Å²) in [5.74, 6) is 0.549. The summed E-state index contributed by atoms with van der Waals surface area (Å²) in [6, 6.07) is 20.6. The molecule has 1 aliphatic carbocycles. The zero-order valence-corrected chi connectivity index (χ0v) is 16.4. The average molecular weight is 370 g/mol. The van der Waals surface area contributed by atoms with E-state index in [4.69, 9.17) is 4.98 Å². The smallest absolute Gasteiger partial charge is 0.273 e. The van der Waals surface area contributed by atoms with Crippen molar-refractivity contribution >= 4 is 16.8 Å². The molecule has 1 aromatic heterocycles. The molecule has 3 aromatic rings. The number of hydrogen-bond acceptors (Lipinski definition) is 2. The number of benzene rings is 2. The Morgan fingerprint density at radius 3 is 2.61 bits per heavy atom. The van der Waals surface area contributed by atoms with Crippen molar-refractivity contribution in [3.8, 4) is 0 Å². The summed E-state index contributed by atoms with van der Waals surface area (Å²) < 4.78 is 0. The van der Waals surface area contributed by atoms with Crippen LogP contribution in [0.2, 0.25) is 0 Å². The van der Waals surface area contributed by atoms with Gasteiger partial charge in [0.05, 0.1) is 5.52 Å². The zero-order valence-electron chi connectivity index (χ0n) is 16.4. The third kappa shape index (κ3) is 2.81. The Morgan fingerprint density at radius 2 is 1.75 bits per heavy atom. The molecule has 28 heavy (non-hydrogen) atoms. The largest absolute Gasteiger partial charge is 0.327 e. The number of fused-ring (bicyclic) bond motifs is 2. The van der Waals surface area contributed by atoms with Crippen LogP contribution in [0.5, 0.6) is 0 Å². The van der Waals surface area contributed by atoms with Gasteiger partial charge in [0.1, 0.15) is 5.69 Å². The number of carbonyl (C=O) groups is 1. The molecule has 2 aliphatic rings. The van der Waals surface area contributed by atoms with E-state index in [1.54, 1.807) is 0 Å². The van der Waals surface area contributed by atoms with Gasteiger partial charge in [0.15, 0.2) is 0 Å². The fourth-order valence-corrected chi connectivity index (χ4v) is 5.40. The Bertz CT molecular complexity index is 1040. The third-order valence-electron chi connectivity index (χ3n) is 6.77. The van der Waals surface area contributed by atoms with Crippen molar-refractivity contribution in [1.29, 1.82) is 0 Å². The minimum atomic E-state index is -0.0388. The highest BCUT2D eigenvalue weighted by Gasteiger charge is 2.45. The van der Waals surface area contributed by atoms with Crippen molar-refractivity contribution in [3.63, 3.8) is 0 Å². The van der Waals surface area contributed by atoms with E-state index in [1.165, 1.54) is 24.0 Å². The van der Waals surface area contributed by atoms with Crippen LogP contribution in [0.3, 0.4) is 0 Å². The molecule has 1 spiro atoms. The summed E-state index contributed by atoms with van der Waals surface area (Å²) >= 11 is 0. The summed E-state index contributed by atoms with van der Waals surface area (Å²) in [5.41, 5.74) is 4.10. The van der Waals surface area contributed by atoms with Gasteiger partial charge < -0.3 is 4.90 Å². The van der Waals surface area contributed by atoms with Crippen LogP contribution in [0.15, 0.2) is 60.7 Å². The van der Waals surface area contributed by atoms with E-state index in [0.717, 1.165) is 30.2 Å². The molecule has 1 amide bonds. The van der Waals surface area contributed by atoms with Gasteiger partial charge in [-0.05, 0) is 48.4 Å². The van der Waals surface area contributed by atoms with E-state index >= 15 is 0 Å². The molecule has 142 valence electrons. The van der Waals surface area contributed by atoms with Crippen LogP contribution in [0.1, 0.15) is 66.6 Å². The predicted octanol–water partition coefficient (Wildman–Crippen LogP) is 5.70. The minimum absolute atomic E-state index is 0.0388. The lowest BCUT2D eigenvalue weighted by molar-refractivity contribution is 0.0420. The highest BCUT2D eigenvalue weighted by atomic mass is 16.2. The molecule has 3 nitrogen and oxygen atoms in total. The first-order valence-corrected chi connectivity index (χ1v) is 10.4. The molecule has 1 unspecified atom stereocenters. The van der Waals surface area contributed by atoms with Gasteiger partial charge in [0.25, 0.3) is 5.91 Å². The van der Waals surface area contributed by atoms with E-state index in [-0.39, 0.29) is 11.4 Å². The van der Waals surface area contributed by atoms with Crippen molar-refractivity contribution < 1.29 is 4.79 Å². The maximum absolute atomic E-state index is 13.7. The molecule has 0 N–H and O–H groups in total. The molecule has 1 saturated carbocycles. The topological polar surface area (TPSA) is 33.2 Å². The maximum atomic E-state index is 13.7. The highest BCUT2D eigenvalue weighted by Crippen LogP contribution is 2.46. The van der Waals surface area contributed by atoms with Gasteiger partial charge in [-0.2, -0.15) is 0 Å². The number of aromatic nitrogens is 1. The van der Waals surface area contributed by atoms with Crippen LogP contribution >= 0.6 is 0 Å². The number of para-hydroxylation sites is 1. The quantitative estimate of drug-likeness (QED) is 0.551. The Kier molecular flexibility index (Phi) is 4.19. The molecule has 0 saturated heterocycles. The van der Waals surface area contributed by atoms with Crippen LogP contribution in [-0.2, 0) is 6.54 Å². The predicted molar refractivity (Wildman–Crippen MR) is 112 cm³/mol. The number of nitrogens with zero attached hydrogens (tertiary/aromatic N) is 2. The monoisotopic (exact) mass is 370 g/mol. The average Bonchev–Trinajstić information content (AvgIpc) is 3.15. The molecule has 2 aromatic carbocycles. The standard InChI is InChI=1S/C25H26N2O/c1-18-16-25(14-6-7-15-25)27(17-20-9-2-4-10-21(18)20)24(28)23-13-12-19-8-3-5-11-22(19)26-23/h2-5,8-13,18H,6-7,14-17H2,1H3. The first-order valence-electron chi connectivity index (χ1n) is 10.4. The van der Waals surface area contributed by atoms with Crippen LogP contribution in [0, 0.1) is 0 Å². The second-order valence-electron chi connectivity index (χ2n) is 8.52. The Balaban J connectivity index is 1.59. The molecule has 1 fully saturated rings. The van der Waals surface area contributed by atoms with Gasteiger partial charge in [-0.15, -0.1) is 0 Å². The minimum Gasteiger partial charge on any atom is -0.327 e. The lowest BCUT2D eigenvalue weighted by Crippen LogP contribution is -2.49. The van der Waals surface area contributed by atoms with E-state index in [9.17, 15) is 4.79 Å². The number of hydrogen-bond donors (Lipinski definition) is 0.